The lowest BCUT2D eigenvalue weighted by molar-refractivity contribution is -0.116. The summed E-state index contributed by atoms with van der Waals surface area (Å²) in [6.45, 7) is 7.82. The van der Waals surface area contributed by atoms with E-state index < -0.39 is 0 Å². The molecule has 8 heteroatoms. The van der Waals surface area contributed by atoms with E-state index in [-0.39, 0.29) is 35.7 Å². The number of halogens is 1. The number of likely N-dealkylation sites (N-methyl/N-ethyl adjacent to an activating group) is 1. The van der Waals surface area contributed by atoms with Gasteiger partial charge in [0.2, 0.25) is 5.91 Å². The van der Waals surface area contributed by atoms with Crippen molar-refractivity contribution in [2.45, 2.75) is 52.3 Å². The van der Waals surface area contributed by atoms with E-state index in [9.17, 15) is 14.0 Å². The number of carbonyl (C=O) groups is 2. The van der Waals surface area contributed by atoms with Gasteiger partial charge >= 0.3 is 0 Å². The number of methoxy groups -OCH3 is 1. The molecule has 0 saturated carbocycles. The molecule has 7 nitrogen and oxygen atoms in total. The van der Waals surface area contributed by atoms with Crippen molar-refractivity contribution < 1.29 is 23.5 Å². The Kier molecular flexibility index (Phi) is 9.84. The molecule has 0 unspecified atom stereocenters. The third kappa shape index (κ3) is 7.04. The van der Waals surface area contributed by atoms with Gasteiger partial charge in [0.25, 0.3) is 5.91 Å². The number of nitrogens with one attached hydrogen (secondary N) is 1. The lowest BCUT2D eigenvalue weighted by Gasteiger charge is -2.36. The molecule has 2 aromatic carbocycles. The predicted octanol–water partition coefficient (Wildman–Crippen LogP) is 4.57. The quantitative estimate of drug-likeness (QED) is 0.631. The van der Waals surface area contributed by atoms with Gasteiger partial charge in [0.15, 0.2) is 0 Å². The van der Waals surface area contributed by atoms with E-state index in [0.717, 1.165) is 6.42 Å². The Morgan fingerprint density at radius 2 is 1.94 bits per heavy atom. The van der Waals surface area contributed by atoms with Crippen molar-refractivity contribution in [3.63, 3.8) is 0 Å². The van der Waals surface area contributed by atoms with Crippen molar-refractivity contribution in [1.29, 1.82) is 0 Å². The Morgan fingerprint density at radius 3 is 2.64 bits per heavy atom. The van der Waals surface area contributed by atoms with Gasteiger partial charge in [-0.05, 0) is 43.5 Å². The normalized spacial score (nSPS) is 21.7. The highest BCUT2D eigenvalue weighted by molar-refractivity contribution is 5.99. The number of hydrogen-bond donors (Lipinski definition) is 1. The number of ether oxygens (including phenoxy) is 2. The molecule has 0 saturated heterocycles. The zero-order valence-electron chi connectivity index (χ0n) is 21.9. The van der Waals surface area contributed by atoms with E-state index in [4.69, 9.17) is 9.47 Å². The maximum atomic E-state index is 14.5. The van der Waals surface area contributed by atoms with Crippen LogP contribution in [0.1, 0.15) is 49.5 Å². The van der Waals surface area contributed by atoms with Gasteiger partial charge in [-0.15, -0.1) is 0 Å². The van der Waals surface area contributed by atoms with Crippen LogP contribution in [0, 0.1) is 11.7 Å². The molecule has 0 spiro atoms. The van der Waals surface area contributed by atoms with E-state index in [2.05, 4.69) is 17.1 Å². The second kappa shape index (κ2) is 12.8. The Hall–Kier alpha value is -2.97. The molecule has 3 atom stereocenters. The molecule has 0 fully saturated rings. The summed E-state index contributed by atoms with van der Waals surface area (Å²) in [6, 6.07) is 11.9. The summed E-state index contributed by atoms with van der Waals surface area (Å²) in [7, 11) is 3.38. The van der Waals surface area contributed by atoms with Crippen LogP contribution in [0.25, 0.3) is 0 Å². The van der Waals surface area contributed by atoms with Crippen molar-refractivity contribution in [2.75, 3.05) is 39.2 Å². The van der Waals surface area contributed by atoms with Gasteiger partial charge in [0.05, 0.1) is 11.7 Å². The first-order chi connectivity index (χ1) is 17.2. The van der Waals surface area contributed by atoms with Crippen LogP contribution in [0.4, 0.5) is 10.1 Å². The molecular formula is C28H38FN3O4. The highest BCUT2D eigenvalue weighted by atomic mass is 19.1. The molecule has 1 aliphatic rings. The SMILES string of the molecule is CCCC(=O)Nc1ccc2c(c1)C(=O)N(C)C[C@@H](OC)[C@@H](C)CN(Cc1ccccc1F)[C@@H](C)CO2. The van der Waals surface area contributed by atoms with Crippen LogP contribution in [0.2, 0.25) is 0 Å². The van der Waals surface area contributed by atoms with Gasteiger partial charge in [-0.2, -0.15) is 0 Å². The second-order valence-electron chi connectivity index (χ2n) is 9.63. The lowest BCUT2D eigenvalue weighted by atomic mass is 10.0. The fourth-order valence-corrected chi connectivity index (χ4v) is 4.45. The highest BCUT2D eigenvalue weighted by Crippen LogP contribution is 2.27. The van der Waals surface area contributed by atoms with Crippen LogP contribution >= 0.6 is 0 Å². The van der Waals surface area contributed by atoms with Gasteiger partial charge in [-0.3, -0.25) is 14.5 Å². The summed E-state index contributed by atoms with van der Waals surface area (Å²) in [6.07, 6.45) is 0.925. The van der Waals surface area contributed by atoms with E-state index in [1.807, 2.05) is 19.9 Å². The zero-order chi connectivity index (χ0) is 26.2. The molecular weight excluding hydrogens is 461 g/mol. The maximum Gasteiger partial charge on any atom is 0.257 e. The lowest BCUT2D eigenvalue weighted by Crippen LogP contribution is -2.46. The predicted molar refractivity (Wildman–Crippen MR) is 139 cm³/mol. The fraction of sp³-hybridized carbons (Fsp3) is 0.500. The van der Waals surface area contributed by atoms with Gasteiger partial charge in [-0.1, -0.05) is 32.0 Å². The minimum Gasteiger partial charge on any atom is -0.491 e. The topological polar surface area (TPSA) is 71.1 Å². The summed E-state index contributed by atoms with van der Waals surface area (Å²) in [4.78, 5) is 29.4. The van der Waals surface area contributed by atoms with Crippen LogP contribution in [0.3, 0.4) is 0 Å². The first kappa shape index (κ1) is 27.6. The van der Waals surface area contributed by atoms with Gasteiger partial charge < -0.3 is 19.7 Å². The monoisotopic (exact) mass is 499 g/mol. The standard InChI is InChI=1S/C28H38FN3O4/c1-6-9-27(33)30-22-12-13-25-23(14-22)28(34)31(4)17-26(35-5)19(2)15-32(20(3)18-36-25)16-21-10-7-8-11-24(21)29/h7-8,10-14,19-20,26H,6,9,15-18H2,1-5H3,(H,30,33)/t19-,20-,26+/m0/s1. The minimum atomic E-state index is -0.235. The zero-order valence-corrected chi connectivity index (χ0v) is 21.9. The average Bonchev–Trinajstić information content (AvgIpc) is 2.85. The molecule has 3 rings (SSSR count). The molecule has 1 aliphatic heterocycles. The van der Waals surface area contributed by atoms with E-state index in [1.54, 1.807) is 49.4 Å². The van der Waals surface area contributed by atoms with Crippen molar-refractivity contribution in [2.24, 2.45) is 5.92 Å². The van der Waals surface area contributed by atoms with Gasteiger partial charge in [-0.25, -0.2) is 4.39 Å². The average molecular weight is 500 g/mol. The molecule has 1 heterocycles. The number of anilines is 1. The third-order valence-corrected chi connectivity index (χ3v) is 6.67. The molecule has 36 heavy (non-hydrogen) atoms. The first-order valence-corrected chi connectivity index (χ1v) is 12.6. The van der Waals surface area contributed by atoms with Crippen LogP contribution in [-0.2, 0) is 16.1 Å². The van der Waals surface area contributed by atoms with E-state index in [1.165, 1.54) is 6.07 Å². The number of nitrogens with zero attached hydrogens (tertiary/aromatic N) is 2. The van der Waals surface area contributed by atoms with Crippen LogP contribution in [-0.4, -0.2) is 67.6 Å². The summed E-state index contributed by atoms with van der Waals surface area (Å²) in [5.41, 5.74) is 1.55. The van der Waals surface area contributed by atoms with Crippen molar-refractivity contribution >= 4 is 17.5 Å². The second-order valence-corrected chi connectivity index (χ2v) is 9.63. The Labute approximate surface area is 213 Å². The summed E-state index contributed by atoms with van der Waals surface area (Å²) < 4.78 is 26.4. The number of hydrogen-bond acceptors (Lipinski definition) is 5. The Morgan fingerprint density at radius 1 is 1.19 bits per heavy atom. The third-order valence-electron chi connectivity index (χ3n) is 6.67. The smallest absolute Gasteiger partial charge is 0.257 e. The van der Waals surface area contributed by atoms with Gasteiger partial charge in [0, 0.05) is 57.5 Å². The Bertz CT molecular complexity index is 1050. The van der Waals surface area contributed by atoms with Crippen LogP contribution < -0.4 is 10.1 Å². The molecule has 0 bridgehead atoms. The van der Waals surface area contributed by atoms with Gasteiger partial charge in [0.1, 0.15) is 18.2 Å². The fourth-order valence-electron chi connectivity index (χ4n) is 4.45. The van der Waals surface area contributed by atoms with Crippen molar-refractivity contribution in [1.82, 2.24) is 9.80 Å². The number of rotatable bonds is 6. The molecule has 1 N–H and O–H groups in total. The molecule has 0 radical (unpaired) electrons. The molecule has 0 aromatic heterocycles. The summed E-state index contributed by atoms with van der Waals surface area (Å²) >= 11 is 0. The van der Waals surface area contributed by atoms with Crippen LogP contribution in [0.15, 0.2) is 42.5 Å². The largest absolute Gasteiger partial charge is 0.491 e. The first-order valence-electron chi connectivity index (χ1n) is 12.6. The number of benzene rings is 2. The Balaban J connectivity index is 1.93. The van der Waals surface area contributed by atoms with E-state index in [0.29, 0.717) is 55.2 Å². The molecule has 0 aliphatic carbocycles. The van der Waals surface area contributed by atoms with Crippen LogP contribution in [0.5, 0.6) is 5.75 Å². The molecule has 196 valence electrons. The van der Waals surface area contributed by atoms with Crippen molar-refractivity contribution in [3.05, 3.63) is 59.4 Å². The summed E-state index contributed by atoms with van der Waals surface area (Å²) in [5.74, 6) is -0.0278. The number of fused-ring (bicyclic) bond motifs is 1. The molecule has 2 amide bonds. The minimum absolute atomic E-state index is 0.0615. The highest BCUT2D eigenvalue weighted by Gasteiger charge is 2.29. The molecule has 2 aromatic rings. The van der Waals surface area contributed by atoms with Crippen molar-refractivity contribution in [3.8, 4) is 5.75 Å². The summed E-state index contributed by atoms with van der Waals surface area (Å²) in [5, 5.41) is 2.86. The number of amides is 2. The maximum absolute atomic E-state index is 14.5. The number of carbonyl (C=O) groups excluding carboxylic acids is 2. The van der Waals surface area contributed by atoms with E-state index >= 15 is 0 Å².